The summed E-state index contributed by atoms with van der Waals surface area (Å²) in [6.45, 7) is 6.16. The molecule has 1 fully saturated rings. The Morgan fingerprint density at radius 2 is 2.25 bits per heavy atom. The number of hydrogen-bond acceptors (Lipinski definition) is 3. The lowest BCUT2D eigenvalue weighted by Crippen LogP contribution is -2.55. The maximum absolute atomic E-state index is 11.9. The van der Waals surface area contributed by atoms with E-state index in [0.717, 1.165) is 6.42 Å². The number of nitrogens with one attached hydrogen (secondary N) is 2. The van der Waals surface area contributed by atoms with Gasteiger partial charge in [-0.15, -0.1) is 0 Å². The van der Waals surface area contributed by atoms with Crippen LogP contribution in [0.4, 0.5) is 0 Å². The van der Waals surface area contributed by atoms with Crippen LogP contribution in [-0.4, -0.2) is 35.1 Å². The highest BCUT2D eigenvalue weighted by Gasteiger charge is 2.38. The molecule has 92 valence electrons. The van der Waals surface area contributed by atoms with Gasteiger partial charge in [-0.1, -0.05) is 6.92 Å². The summed E-state index contributed by atoms with van der Waals surface area (Å²) >= 11 is 0. The van der Waals surface area contributed by atoms with E-state index in [2.05, 4.69) is 10.6 Å². The molecule has 5 heteroatoms. The van der Waals surface area contributed by atoms with Gasteiger partial charge in [0.05, 0.1) is 6.10 Å². The number of carbonyl (C=O) groups excluding carboxylic acids is 2. The molecule has 0 aromatic rings. The SMILES string of the molecule is CCC(C)(C)NC(=O)C1C(=O)NCCC1O. The average molecular weight is 228 g/mol. The van der Waals surface area contributed by atoms with Gasteiger partial charge in [0.25, 0.3) is 0 Å². The first-order valence-corrected chi connectivity index (χ1v) is 5.65. The highest BCUT2D eigenvalue weighted by Crippen LogP contribution is 2.15. The number of carbonyl (C=O) groups is 2. The van der Waals surface area contributed by atoms with Crippen LogP contribution in [0.3, 0.4) is 0 Å². The quantitative estimate of drug-likeness (QED) is 0.585. The molecule has 1 rings (SSSR count). The average Bonchev–Trinajstić information content (AvgIpc) is 2.16. The maximum Gasteiger partial charge on any atom is 0.235 e. The third kappa shape index (κ3) is 2.95. The van der Waals surface area contributed by atoms with Gasteiger partial charge in [0.15, 0.2) is 0 Å². The van der Waals surface area contributed by atoms with Crippen molar-refractivity contribution in [2.45, 2.75) is 45.3 Å². The van der Waals surface area contributed by atoms with Gasteiger partial charge in [-0.2, -0.15) is 0 Å². The minimum Gasteiger partial charge on any atom is -0.392 e. The number of aliphatic hydroxyl groups is 1. The Kier molecular flexibility index (Phi) is 3.91. The van der Waals surface area contributed by atoms with Crippen LogP contribution in [0.5, 0.6) is 0 Å². The van der Waals surface area contributed by atoms with Crippen LogP contribution in [0, 0.1) is 5.92 Å². The maximum atomic E-state index is 11.9. The zero-order chi connectivity index (χ0) is 12.3. The largest absolute Gasteiger partial charge is 0.392 e. The Bertz CT molecular complexity index is 289. The first kappa shape index (κ1) is 13.0. The molecule has 2 unspecified atom stereocenters. The third-order valence-electron chi connectivity index (χ3n) is 3.03. The van der Waals surface area contributed by atoms with E-state index in [9.17, 15) is 14.7 Å². The molecule has 0 aromatic heterocycles. The van der Waals surface area contributed by atoms with Crippen LogP contribution < -0.4 is 10.6 Å². The normalized spacial score (nSPS) is 26.1. The van der Waals surface area contributed by atoms with E-state index in [1.165, 1.54) is 0 Å². The van der Waals surface area contributed by atoms with E-state index in [4.69, 9.17) is 0 Å². The molecule has 0 radical (unpaired) electrons. The molecule has 1 saturated heterocycles. The summed E-state index contributed by atoms with van der Waals surface area (Å²) in [4.78, 5) is 23.3. The van der Waals surface area contributed by atoms with Gasteiger partial charge >= 0.3 is 0 Å². The monoisotopic (exact) mass is 228 g/mol. The zero-order valence-corrected chi connectivity index (χ0v) is 10.0. The van der Waals surface area contributed by atoms with Crippen molar-refractivity contribution in [3.05, 3.63) is 0 Å². The lowest BCUT2D eigenvalue weighted by molar-refractivity contribution is -0.143. The fourth-order valence-electron chi connectivity index (χ4n) is 1.59. The van der Waals surface area contributed by atoms with Crippen LogP contribution in [0.15, 0.2) is 0 Å². The van der Waals surface area contributed by atoms with Crippen molar-refractivity contribution in [2.24, 2.45) is 5.92 Å². The molecule has 0 bridgehead atoms. The first-order valence-electron chi connectivity index (χ1n) is 5.65. The number of hydrogen-bond donors (Lipinski definition) is 3. The van der Waals surface area contributed by atoms with Gasteiger partial charge in [0.2, 0.25) is 11.8 Å². The van der Waals surface area contributed by atoms with E-state index < -0.39 is 17.9 Å². The Morgan fingerprint density at radius 3 is 2.75 bits per heavy atom. The van der Waals surface area contributed by atoms with E-state index in [1.54, 1.807) is 0 Å². The van der Waals surface area contributed by atoms with Crippen LogP contribution >= 0.6 is 0 Å². The minimum atomic E-state index is -0.973. The standard InChI is InChI=1S/C11H20N2O3/c1-4-11(2,3)13-10(16)8-7(14)5-6-12-9(8)15/h7-8,14H,4-6H2,1-3H3,(H,12,15)(H,13,16). The van der Waals surface area contributed by atoms with Crippen LogP contribution in [0.25, 0.3) is 0 Å². The molecule has 1 aliphatic rings. The molecule has 1 aliphatic heterocycles. The van der Waals surface area contributed by atoms with Gasteiger partial charge in [0.1, 0.15) is 5.92 Å². The van der Waals surface area contributed by atoms with Gasteiger partial charge in [0, 0.05) is 12.1 Å². The zero-order valence-electron chi connectivity index (χ0n) is 10.0. The predicted octanol–water partition coefficient (Wildman–Crippen LogP) is -0.212. The second kappa shape index (κ2) is 4.82. The van der Waals surface area contributed by atoms with Gasteiger partial charge in [-0.05, 0) is 26.7 Å². The molecule has 0 spiro atoms. The Morgan fingerprint density at radius 1 is 1.62 bits per heavy atom. The summed E-state index contributed by atoms with van der Waals surface area (Å²) < 4.78 is 0. The van der Waals surface area contributed by atoms with Crippen molar-refractivity contribution in [1.82, 2.24) is 10.6 Å². The molecule has 3 N–H and O–H groups in total. The summed E-state index contributed by atoms with van der Waals surface area (Å²) in [5.74, 6) is -1.75. The second-order valence-corrected chi connectivity index (χ2v) is 4.85. The lowest BCUT2D eigenvalue weighted by atomic mass is 9.92. The Labute approximate surface area is 95.6 Å². The number of rotatable bonds is 3. The summed E-state index contributed by atoms with van der Waals surface area (Å²) in [7, 11) is 0. The van der Waals surface area contributed by atoms with Crippen molar-refractivity contribution in [1.29, 1.82) is 0 Å². The molecule has 2 atom stereocenters. The molecule has 2 amide bonds. The molecule has 0 aliphatic carbocycles. The van der Waals surface area contributed by atoms with Crippen LogP contribution in [-0.2, 0) is 9.59 Å². The number of aliphatic hydroxyl groups excluding tert-OH is 1. The number of piperidine rings is 1. The summed E-state index contributed by atoms with van der Waals surface area (Å²) in [5, 5.41) is 15.0. The highest BCUT2D eigenvalue weighted by atomic mass is 16.3. The second-order valence-electron chi connectivity index (χ2n) is 4.85. The molecule has 0 saturated carbocycles. The van der Waals surface area contributed by atoms with Crippen molar-refractivity contribution in [3.63, 3.8) is 0 Å². The smallest absolute Gasteiger partial charge is 0.235 e. The molecular formula is C11H20N2O3. The van der Waals surface area contributed by atoms with Crippen molar-refractivity contribution in [3.8, 4) is 0 Å². The van der Waals surface area contributed by atoms with E-state index in [-0.39, 0.29) is 11.4 Å². The van der Waals surface area contributed by atoms with Crippen molar-refractivity contribution < 1.29 is 14.7 Å². The van der Waals surface area contributed by atoms with Crippen molar-refractivity contribution in [2.75, 3.05) is 6.54 Å². The summed E-state index contributed by atoms with van der Waals surface area (Å²) in [5.41, 5.74) is -0.353. The summed E-state index contributed by atoms with van der Waals surface area (Å²) in [6, 6.07) is 0. The van der Waals surface area contributed by atoms with Crippen LogP contribution in [0.2, 0.25) is 0 Å². The van der Waals surface area contributed by atoms with E-state index in [1.807, 2.05) is 20.8 Å². The molecule has 5 nitrogen and oxygen atoms in total. The number of amides is 2. The van der Waals surface area contributed by atoms with Gasteiger partial charge < -0.3 is 15.7 Å². The Hall–Kier alpha value is -1.10. The van der Waals surface area contributed by atoms with E-state index in [0.29, 0.717) is 13.0 Å². The topological polar surface area (TPSA) is 78.4 Å². The minimum absolute atomic E-state index is 0.353. The molecule has 1 heterocycles. The fraction of sp³-hybridized carbons (Fsp3) is 0.818. The predicted molar refractivity (Wildman–Crippen MR) is 59.6 cm³/mol. The third-order valence-corrected chi connectivity index (χ3v) is 3.03. The Balaban J connectivity index is 2.68. The first-order chi connectivity index (χ1) is 7.37. The molecular weight excluding hydrogens is 208 g/mol. The van der Waals surface area contributed by atoms with Gasteiger partial charge in [-0.25, -0.2) is 0 Å². The fourth-order valence-corrected chi connectivity index (χ4v) is 1.59. The van der Waals surface area contributed by atoms with Gasteiger partial charge in [-0.3, -0.25) is 9.59 Å². The lowest BCUT2D eigenvalue weighted by Gasteiger charge is -2.31. The molecule has 0 aromatic carbocycles. The van der Waals surface area contributed by atoms with E-state index >= 15 is 0 Å². The van der Waals surface area contributed by atoms with Crippen molar-refractivity contribution >= 4 is 11.8 Å². The summed E-state index contributed by atoms with van der Waals surface area (Å²) in [6.07, 6.45) is 0.320. The van der Waals surface area contributed by atoms with Crippen LogP contribution in [0.1, 0.15) is 33.6 Å². The molecule has 16 heavy (non-hydrogen) atoms. The highest BCUT2D eigenvalue weighted by molar-refractivity contribution is 6.01.